The summed E-state index contributed by atoms with van der Waals surface area (Å²) in [7, 11) is 0. The van der Waals surface area contributed by atoms with Crippen molar-refractivity contribution >= 4 is 11.9 Å². The van der Waals surface area contributed by atoms with E-state index in [1.165, 1.54) is 0 Å². The van der Waals surface area contributed by atoms with Gasteiger partial charge in [-0.05, 0) is 13.8 Å². The van der Waals surface area contributed by atoms with Gasteiger partial charge in [0.1, 0.15) is 6.54 Å². The summed E-state index contributed by atoms with van der Waals surface area (Å²) in [6, 6.07) is 0. The number of hydrogen-bond donors (Lipinski definition) is 2. The number of terminal acetylenes is 1. The lowest BCUT2D eigenvalue weighted by atomic mass is 10.1. The maximum atomic E-state index is 12.1. The normalized spacial score (nSPS) is 9.85. The molecule has 1 rings (SSSR count). The maximum Gasteiger partial charge on any atom is 0.345 e. The summed E-state index contributed by atoms with van der Waals surface area (Å²) in [5, 5.41) is 8.75. The Morgan fingerprint density at radius 2 is 2.10 bits per heavy atom. The van der Waals surface area contributed by atoms with Crippen LogP contribution < -0.4 is 5.69 Å². The van der Waals surface area contributed by atoms with Gasteiger partial charge in [-0.3, -0.25) is 9.59 Å². The van der Waals surface area contributed by atoms with Gasteiger partial charge < -0.3 is 15.0 Å². The molecule has 2 N–H and O–H groups in total. The summed E-state index contributed by atoms with van der Waals surface area (Å²) in [5.74, 6) is 0.684. The van der Waals surface area contributed by atoms with E-state index in [0.717, 1.165) is 4.90 Å². The minimum Gasteiger partial charge on any atom is -0.480 e. The lowest BCUT2D eigenvalue weighted by Crippen LogP contribution is -2.37. The van der Waals surface area contributed by atoms with Gasteiger partial charge >= 0.3 is 11.7 Å². The average molecular weight is 277 g/mol. The zero-order valence-corrected chi connectivity index (χ0v) is 11.3. The summed E-state index contributed by atoms with van der Waals surface area (Å²) in [6.45, 7) is 2.73. The van der Waals surface area contributed by atoms with E-state index in [1.54, 1.807) is 13.8 Å². The molecule has 1 amide bonds. The first-order valence-electron chi connectivity index (χ1n) is 5.84. The molecule has 0 aliphatic rings. The topological polar surface area (TPSA) is 103 Å². The van der Waals surface area contributed by atoms with Gasteiger partial charge in [-0.25, -0.2) is 4.79 Å². The number of amides is 1. The van der Waals surface area contributed by atoms with E-state index >= 15 is 0 Å². The fourth-order valence-electron chi connectivity index (χ4n) is 1.78. The highest BCUT2D eigenvalue weighted by Gasteiger charge is 2.18. The highest BCUT2D eigenvalue weighted by Crippen LogP contribution is 2.09. The molecule has 0 unspecified atom stereocenters. The van der Waals surface area contributed by atoms with Crippen molar-refractivity contribution in [1.29, 1.82) is 0 Å². The van der Waals surface area contributed by atoms with Crippen LogP contribution in [-0.4, -0.2) is 44.9 Å². The van der Waals surface area contributed by atoms with E-state index in [0.29, 0.717) is 17.0 Å². The van der Waals surface area contributed by atoms with Gasteiger partial charge in [-0.15, -0.1) is 6.42 Å². The van der Waals surface area contributed by atoms with Crippen LogP contribution in [0.4, 0.5) is 0 Å². The largest absolute Gasteiger partial charge is 0.480 e. The number of aryl methyl sites for hydroxylation is 2. The van der Waals surface area contributed by atoms with Crippen LogP contribution in [0.5, 0.6) is 0 Å². The smallest absolute Gasteiger partial charge is 0.345 e. The minimum absolute atomic E-state index is 0.0591. The molecule has 20 heavy (non-hydrogen) atoms. The Labute approximate surface area is 115 Å². The summed E-state index contributed by atoms with van der Waals surface area (Å²) < 4.78 is 0. The molecule has 7 heteroatoms. The molecule has 0 fully saturated rings. The molecule has 0 spiro atoms. The van der Waals surface area contributed by atoms with Crippen LogP contribution in [-0.2, 0) is 16.0 Å². The van der Waals surface area contributed by atoms with Crippen LogP contribution in [0.2, 0.25) is 0 Å². The monoisotopic (exact) mass is 277 g/mol. The van der Waals surface area contributed by atoms with Gasteiger partial charge in [0.05, 0.1) is 13.0 Å². The molecular weight excluding hydrogens is 262 g/mol. The number of aromatic nitrogens is 2. The quantitative estimate of drug-likeness (QED) is 0.705. The number of carboxylic acids is 1. The average Bonchev–Trinajstić information content (AvgIpc) is 2.32. The highest BCUT2D eigenvalue weighted by molar-refractivity contribution is 5.83. The Morgan fingerprint density at radius 3 is 2.60 bits per heavy atom. The predicted octanol–water partition coefficient (Wildman–Crippen LogP) is -0.524. The van der Waals surface area contributed by atoms with Crippen molar-refractivity contribution < 1.29 is 14.7 Å². The summed E-state index contributed by atoms with van der Waals surface area (Å²) in [5.41, 5.74) is 1.06. The fraction of sp³-hybridized carbons (Fsp3) is 0.385. The molecule has 1 aromatic rings. The lowest BCUT2D eigenvalue weighted by molar-refractivity contribution is -0.143. The zero-order chi connectivity index (χ0) is 15.3. The molecule has 0 atom stereocenters. The number of nitrogens with one attached hydrogen (secondary N) is 1. The van der Waals surface area contributed by atoms with Crippen molar-refractivity contribution in [1.82, 2.24) is 14.9 Å². The van der Waals surface area contributed by atoms with Gasteiger partial charge in [0, 0.05) is 17.0 Å². The molecule has 7 nitrogen and oxygen atoms in total. The number of carbonyl (C=O) groups excluding carboxylic acids is 1. The Hall–Kier alpha value is -2.62. The standard InChI is InChI=1S/C13H15N3O4/c1-4-5-16(7-12(18)19)11(17)6-10-8(2)14-13(20)15-9(10)3/h1H,5-7H2,2-3H3,(H,18,19)(H,14,15,20). The second-order valence-corrected chi connectivity index (χ2v) is 4.26. The fourth-order valence-corrected chi connectivity index (χ4v) is 1.78. The number of carboxylic acid groups (broad SMARTS) is 1. The van der Waals surface area contributed by atoms with Gasteiger partial charge in [0.2, 0.25) is 5.91 Å². The van der Waals surface area contributed by atoms with E-state index in [4.69, 9.17) is 11.5 Å². The number of H-pyrrole nitrogens is 1. The number of rotatable bonds is 5. The van der Waals surface area contributed by atoms with E-state index in [-0.39, 0.29) is 13.0 Å². The molecule has 0 bridgehead atoms. The van der Waals surface area contributed by atoms with Crippen LogP contribution in [0.25, 0.3) is 0 Å². The molecule has 0 aliphatic carbocycles. The van der Waals surface area contributed by atoms with Crippen LogP contribution in [0.15, 0.2) is 4.79 Å². The Balaban J connectivity index is 2.97. The van der Waals surface area contributed by atoms with Crippen molar-refractivity contribution in [2.75, 3.05) is 13.1 Å². The summed E-state index contributed by atoms with van der Waals surface area (Å²) >= 11 is 0. The summed E-state index contributed by atoms with van der Waals surface area (Å²) in [4.78, 5) is 41.2. The SMILES string of the molecule is C#CCN(CC(=O)O)C(=O)Cc1c(C)nc(=O)[nH]c1C. The van der Waals surface area contributed by atoms with Gasteiger partial charge in [-0.2, -0.15) is 4.98 Å². The third-order valence-electron chi connectivity index (χ3n) is 2.74. The first kappa shape index (κ1) is 15.4. The van der Waals surface area contributed by atoms with Gasteiger partial charge in [0.25, 0.3) is 0 Å². The van der Waals surface area contributed by atoms with Crippen molar-refractivity contribution in [2.24, 2.45) is 0 Å². The van der Waals surface area contributed by atoms with Gasteiger partial charge in [0.15, 0.2) is 0 Å². The molecule has 0 saturated heterocycles. The van der Waals surface area contributed by atoms with Gasteiger partial charge in [-0.1, -0.05) is 5.92 Å². The first-order valence-corrected chi connectivity index (χ1v) is 5.84. The third-order valence-corrected chi connectivity index (χ3v) is 2.74. The van der Waals surface area contributed by atoms with Crippen molar-refractivity contribution in [3.8, 4) is 12.3 Å². The van der Waals surface area contributed by atoms with Crippen molar-refractivity contribution in [3.05, 3.63) is 27.4 Å². The second kappa shape index (κ2) is 6.52. The zero-order valence-electron chi connectivity index (χ0n) is 11.3. The van der Waals surface area contributed by atoms with E-state index < -0.39 is 24.1 Å². The van der Waals surface area contributed by atoms with Crippen LogP contribution in [0.1, 0.15) is 17.0 Å². The third kappa shape index (κ3) is 3.95. The second-order valence-electron chi connectivity index (χ2n) is 4.26. The van der Waals surface area contributed by atoms with E-state index in [1.807, 2.05) is 0 Å². The van der Waals surface area contributed by atoms with Crippen molar-refractivity contribution in [3.63, 3.8) is 0 Å². The molecule has 0 aromatic carbocycles. The Bertz CT molecular complexity index is 601. The van der Waals surface area contributed by atoms with Crippen LogP contribution >= 0.6 is 0 Å². The highest BCUT2D eigenvalue weighted by atomic mass is 16.4. The lowest BCUT2D eigenvalue weighted by Gasteiger charge is -2.18. The summed E-state index contributed by atoms with van der Waals surface area (Å²) in [6.07, 6.45) is 5.06. The van der Waals surface area contributed by atoms with E-state index in [9.17, 15) is 14.4 Å². The Kier molecular flexibility index (Phi) is 5.03. The maximum absolute atomic E-state index is 12.1. The molecule has 1 heterocycles. The molecular formula is C13H15N3O4. The number of hydrogen-bond acceptors (Lipinski definition) is 4. The molecule has 0 saturated carbocycles. The van der Waals surface area contributed by atoms with Crippen LogP contribution in [0, 0.1) is 26.2 Å². The Morgan fingerprint density at radius 1 is 1.45 bits per heavy atom. The van der Waals surface area contributed by atoms with Crippen molar-refractivity contribution in [2.45, 2.75) is 20.3 Å². The van der Waals surface area contributed by atoms with Crippen LogP contribution in [0.3, 0.4) is 0 Å². The number of nitrogens with zero attached hydrogens (tertiary/aromatic N) is 2. The number of aliphatic carboxylic acids is 1. The minimum atomic E-state index is -1.14. The molecule has 0 radical (unpaired) electrons. The number of carbonyl (C=O) groups is 2. The molecule has 1 aromatic heterocycles. The predicted molar refractivity (Wildman–Crippen MR) is 71.1 cm³/mol. The molecule has 0 aliphatic heterocycles. The molecule has 106 valence electrons. The van der Waals surface area contributed by atoms with E-state index in [2.05, 4.69) is 15.9 Å². The first-order chi connectivity index (χ1) is 9.35. The number of aromatic amines is 1.